The molecule has 74 valence electrons. The molecule has 1 aromatic rings. The number of methoxy groups -OCH3 is 1. The van der Waals surface area contributed by atoms with Gasteiger partial charge in [0.2, 0.25) is 0 Å². The number of carbonyl (C=O) groups is 1. The van der Waals surface area contributed by atoms with Crippen molar-refractivity contribution in [2.45, 2.75) is 6.42 Å². The zero-order valence-electron chi connectivity index (χ0n) is 7.80. The fraction of sp³-hybridized carbons (Fsp3) is 0.200. The molecule has 0 bridgehead atoms. The molecule has 4 nitrogen and oxygen atoms in total. The Kier molecular flexibility index (Phi) is 3.67. The number of oxime groups is 1. The van der Waals surface area contributed by atoms with Crippen LogP contribution in [0.1, 0.15) is 16.8 Å². The van der Waals surface area contributed by atoms with Crippen molar-refractivity contribution < 1.29 is 14.7 Å². The fourth-order valence-electron chi connectivity index (χ4n) is 1.02. The molecule has 0 saturated carbocycles. The Morgan fingerprint density at radius 2 is 2.14 bits per heavy atom. The molecule has 0 aliphatic heterocycles. The van der Waals surface area contributed by atoms with E-state index in [0.717, 1.165) is 6.21 Å². The van der Waals surface area contributed by atoms with Gasteiger partial charge in [-0.2, -0.15) is 0 Å². The van der Waals surface area contributed by atoms with Gasteiger partial charge >= 0.3 is 0 Å². The predicted octanol–water partition coefficient (Wildman–Crippen LogP) is 1.73. The van der Waals surface area contributed by atoms with Gasteiger partial charge in [0.15, 0.2) is 5.78 Å². The number of hydrogen-bond donors (Lipinski definition) is 1. The number of rotatable bonds is 4. The first-order chi connectivity index (χ1) is 6.77. The Hall–Kier alpha value is -1.84. The Morgan fingerprint density at radius 3 is 2.64 bits per heavy atom. The minimum Gasteiger partial charge on any atom is -0.497 e. The molecular formula is C10H11NO3. The topological polar surface area (TPSA) is 58.9 Å². The average molecular weight is 193 g/mol. The predicted molar refractivity (Wildman–Crippen MR) is 52.2 cm³/mol. The highest BCUT2D eigenvalue weighted by Crippen LogP contribution is 2.12. The molecule has 14 heavy (non-hydrogen) atoms. The molecular weight excluding hydrogens is 182 g/mol. The van der Waals surface area contributed by atoms with E-state index in [-0.39, 0.29) is 12.2 Å². The molecule has 0 heterocycles. The zero-order chi connectivity index (χ0) is 10.4. The average Bonchev–Trinajstić information content (AvgIpc) is 2.26. The lowest BCUT2D eigenvalue weighted by Crippen LogP contribution is -1.99. The van der Waals surface area contributed by atoms with E-state index in [1.807, 2.05) is 0 Å². The molecule has 0 aliphatic rings. The van der Waals surface area contributed by atoms with Crippen LogP contribution in [0.25, 0.3) is 0 Å². The highest BCUT2D eigenvalue weighted by atomic mass is 16.5. The van der Waals surface area contributed by atoms with E-state index < -0.39 is 0 Å². The van der Waals surface area contributed by atoms with Crippen molar-refractivity contribution in [3.63, 3.8) is 0 Å². The van der Waals surface area contributed by atoms with Crippen LogP contribution in [-0.2, 0) is 0 Å². The third-order valence-electron chi connectivity index (χ3n) is 1.77. The Balaban J connectivity index is 2.71. The SMILES string of the molecule is COc1ccc(C(=O)C/C=N\O)cc1. The summed E-state index contributed by atoms with van der Waals surface area (Å²) >= 11 is 0. The van der Waals surface area contributed by atoms with Gasteiger partial charge in [-0.15, -0.1) is 5.16 Å². The summed E-state index contributed by atoms with van der Waals surface area (Å²) < 4.78 is 4.95. The fourth-order valence-corrected chi connectivity index (χ4v) is 1.02. The number of carbonyl (C=O) groups excluding carboxylic acids is 1. The van der Waals surface area contributed by atoms with Gasteiger partial charge in [-0.3, -0.25) is 4.79 Å². The second-order valence-electron chi connectivity index (χ2n) is 2.65. The zero-order valence-corrected chi connectivity index (χ0v) is 7.80. The van der Waals surface area contributed by atoms with Crippen molar-refractivity contribution in [1.29, 1.82) is 0 Å². The Labute approximate surface area is 81.8 Å². The van der Waals surface area contributed by atoms with Gasteiger partial charge in [-0.05, 0) is 24.3 Å². The summed E-state index contributed by atoms with van der Waals surface area (Å²) in [6.07, 6.45) is 1.26. The second kappa shape index (κ2) is 5.01. The summed E-state index contributed by atoms with van der Waals surface area (Å²) in [5.41, 5.74) is 0.575. The van der Waals surface area contributed by atoms with Crippen molar-refractivity contribution >= 4 is 12.0 Å². The van der Waals surface area contributed by atoms with Gasteiger partial charge in [0.05, 0.1) is 13.3 Å². The van der Waals surface area contributed by atoms with Crippen molar-refractivity contribution in [3.8, 4) is 5.75 Å². The van der Waals surface area contributed by atoms with Gasteiger partial charge in [-0.1, -0.05) is 0 Å². The third-order valence-corrected chi connectivity index (χ3v) is 1.77. The molecule has 0 saturated heterocycles. The Morgan fingerprint density at radius 1 is 1.50 bits per heavy atom. The highest BCUT2D eigenvalue weighted by Gasteiger charge is 2.03. The maximum absolute atomic E-state index is 11.4. The van der Waals surface area contributed by atoms with Crippen LogP contribution >= 0.6 is 0 Å². The molecule has 0 unspecified atom stereocenters. The third kappa shape index (κ3) is 2.58. The minimum atomic E-state index is -0.0922. The molecule has 4 heteroatoms. The van der Waals surface area contributed by atoms with Crippen LogP contribution in [0.2, 0.25) is 0 Å². The van der Waals surface area contributed by atoms with Crippen molar-refractivity contribution in [2.75, 3.05) is 7.11 Å². The molecule has 0 aromatic heterocycles. The highest BCUT2D eigenvalue weighted by molar-refractivity contribution is 6.03. The lowest BCUT2D eigenvalue weighted by Gasteiger charge is -2.00. The molecule has 0 fully saturated rings. The summed E-state index contributed by atoms with van der Waals surface area (Å²) in [4.78, 5) is 11.4. The van der Waals surface area contributed by atoms with Gasteiger partial charge in [-0.25, -0.2) is 0 Å². The standard InChI is InChI=1S/C10H11NO3/c1-14-9-4-2-8(3-5-9)10(12)6-7-11-13/h2-5,7,13H,6H2,1H3/b11-7-. The smallest absolute Gasteiger partial charge is 0.168 e. The lowest BCUT2D eigenvalue weighted by molar-refractivity contribution is 0.100. The van der Waals surface area contributed by atoms with Crippen LogP contribution in [0, 0.1) is 0 Å². The number of Topliss-reactive ketones (excluding diaryl/α,β-unsaturated/α-hetero) is 1. The quantitative estimate of drug-likeness (QED) is 0.343. The normalized spacial score (nSPS) is 10.4. The van der Waals surface area contributed by atoms with Crippen LogP contribution in [0.4, 0.5) is 0 Å². The molecule has 0 radical (unpaired) electrons. The molecule has 0 spiro atoms. The van der Waals surface area contributed by atoms with Crippen molar-refractivity contribution in [1.82, 2.24) is 0 Å². The summed E-state index contributed by atoms with van der Waals surface area (Å²) in [6.45, 7) is 0. The van der Waals surface area contributed by atoms with Gasteiger partial charge in [0.1, 0.15) is 5.75 Å². The largest absolute Gasteiger partial charge is 0.497 e. The number of ether oxygens (including phenoxy) is 1. The van der Waals surface area contributed by atoms with E-state index in [4.69, 9.17) is 9.94 Å². The summed E-state index contributed by atoms with van der Waals surface area (Å²) in [5, 5.41) is 10.9. The molecule has 1 N–H and O–H groups in total. The van der Waals surface area contributed by atoms with E-state index in [2.05, 4.69) is 5.16 Å². The number of nitrogens with zero attached hydrogens (tertiary/aromatic N) is 1. The molecule has 0 atom stereocenters. The van der Waals surface area contributed by atoms with Gasteiger partial charge < -0.3 is 9.94 Å². The molecule has 0 aliphatic carbocycles. The Bertz CT molecular complexity index is 330. The van der Waals surface area contributed by atoms with E-state index in [0.29, 0.717) is 11.3 Å². The number of hydrogen-bond acceptors (Lipinski definition) is 4. The van der Waals surface area contributed by atoms with Crippen LogP contribution in [-0.4, -0.2) is 24.3 Å². The van der Waals surface area contributed by atoms with Gasteiger partial charge in [0.25, 0.3) is 0 Å². The summed E-state index contributed by atoms with van der Waals surface area (Å²) in [6, 6.07) is 6.77. The first-order valence-electron chi connectivity index (χ1n) is 4.11. The van der Waals surface area contributed by atoms with Crippen molar-refractivity contribution in [3.05, 3.63) is 29.8 Å². The van der Waals surface area contributed by atoms with Crippen LogP contribution in [0.3, 0.4) is 0 Å². The molecule has 1 rings (SSSR count). The van der Waals surface area contributed by atoms with Crippen molar-refractivity contribution in [2.24, 2.45) is 5.16 Å². The maximum atomic E-state index is 11.4. The number of benzene rings is 1. The minimum absolute atomic E-state index is 0.0922. The van der Waals surface area contributed by atoms with E-state index in [9.17, 15) is 4.79 Å². The van der Waals surface area contributed by atoms with E-state index in [1.165, 1.54) is 0 Å². The maximum Gasteiger partial charge on any atom is 0.168 e. The van der Waals surface area contributed by atoms with E-state index >= 15 is 0 Å². The summed E-state index contributed by atoms with van der Waals surface area (Å²) in [5.74, 6) is 0.614. The first kappa shape index (κ1) is 10.2. The second-order valence-corrected chi connectivity index (χ2v) is 2.65. The van der Waals surface area contributed by atoms with Crippen LogP contribution in [0.15, 0.2) is 29.4 Å². The lowest BCUT2D eigenvalue weighted by atomic mass is 10.1. The van der Waals surface area contributed by atoms with Crippen LogP contribution in [0.5, 0.6) is 5.75 Å². The monoisotopic (exact) mass is 193 g/mol. The van der Waals surface area contributed by atoms with E-state index in [1.54, 1.807) is 31.4 Å². The summed E-state index contributed by atoms with van der Waals surface area (Å²) in [7, 11) is 1.56. The first-order valence-corrected chi connectivity index (χ1v) is 4.11. The molecule has 0 amide bonds. The molecule has 1 aromatic carbocycles. The van der Waals surface area contributed by atoms with Crippen LogP contribution < -0.4 is 4.74 Å². The number of ketones is 1. The van der Waals surface area contributed by atoms with Gasteiger partial charge in [0, 0.05) is 12.0 Å².